The summed E-state index contributed by atoms with van der Waals surface area (Å²) in [7, 11) is 1.88. The predicted molar refractivity (Wildman–Crippen MR) is 74.9 cm³/mol. The average molecular weight is 360 g/mol. The molecule has 17 heavy (non-hydrogen) atoms. The number of hydrogen-bond acceptors (Lipinski definition) is 3. The lowest BCUT2D eigenvalue weighted by Gasteiger charge is -2.11. The molecule has 0 bridgehead atoms. The van der Waals surface area contributed by atoms with Gasteiger partial charge >= 0.3 is 0 Å². The average Bonchev–Trinajstić information content (AvgIpc) is 2.62. The van der Waals surface area contributed by atoms with E-state index in [1.54, 1.807) is 10.9 Å². The maximum atomic E-state index is 3.89. The van der Waals surface area contributed by atoms with E-state index < -0.39 is 0 Å². The van der Waals surface area contributed by atoms with Crippen molar-refractivity contribution in [1.82, 2.24) is 15.0 Å². The number of hydrogen-bond donors (Lipinski definition) is 1. The van der Waals surface area contributed by atoms with Crippen LogP contribution in [0.15, 0.2) is 27.3 Å². The molecule has 0 spiro atoms. The molecule has 0 radical (unpaired) electrons. The van der Waals surface area contributed by atoms with Gasteiger partial charge in [-0.3, -0.25) is 4.68 Å². The topological polar surface area (TPSA) is 42.7 Å². The molecule has 0 aliphatic heterocycles. The van der Waals surface area contributed by atoms with Crippen LogP contribution in [0.2, 0.25) is 0 Å². The number of aromatic nitrogens is 3. The second-order valence-corrected chi connectivity index (χ2v) is 5.51. The van der Waals surface area contributed by atoms with Crippen LogP contribution in [-0.2, 0) is 13.6 Å². The molecule has 0 atom stereocenters. The first kappa shape index (κ1) is 12.6. The van der Waals surface area contributed by atoms with Crippen LogP contribution in [0.1, 0.15) is 11.3 Å². The van der Waals surface area contributed by atoms with Crippen LogP contribution in [0.3, 0.4) is 0 Å². The van der Waals surface area contributed by atoms with Gasteiger partial charge in [-0.1, -0.05) is 5.21 Å². The molecule has 6 heteroatoms. The van der Waals surface area contributed by atoms with Gasteiger partial charge in [0.05, 0.1) is 24.1 Å². The molecule has 1 heterocycles. The zero-order valence-corrected chi connectivity index (χ0v) is 12.7. The Hall–Kier alpha value is -0.880. The summed E-state index contributed by atoms with van der Waals surface area (Å²) in [5, 5.41) is 11.1. The first-order valence-electron chi connectivity index (χ1n) is 5.11. The second kappa shape index (κ2) is 5.18. The molecule has 1 aromatic carbocycles. The summed E-state index contributed by atoms with van der Waals surface area (Å²) in [5.41, 5.74) is 3.28. The van der Waals surface area contributed by atoms with Gasteiger partial charge in [0.1, 0.15) is 0 Å². The highest BCUT2D eigenvalue weighted by atomic mass is 79.9. The maximum Gasteiger partial charge on any atom is 0.0774 e. The van der Waals surface area contributed by atoms with Gasteiger partial charge in [-0.05, 0) is 56.5 Å². The van der Waals surface area contributed by atoms with Gasteiger partial charge in [0, 0.05) is 16.0 Å². The van der Waals surface area contributed by atoms with Gasteiger partial charge in [-0.15, -0.1) is 5.10 Å². The lowest BCUT2D eigenvalue weighted by Crippen LogP contribution is -2.06. The summed E-state index contributed by atoms with van der Waals surface area (Å²) in [5.74, 6) is 0. The van der Waals surface area contributed by atoms with Crippen molar-refractivity contribution in [3.8, 4) is 0 Å². The summed E-state index contributed by atoms with van der Waals surface area (Å²) in [6.45, 7) is 2.74. The zero-order chi connectivity index (χ0) is 12.4. The highest BCUT2D eigenvalue weighted by molar-refractivity contribution is 9.11. The Kier molecular flexibility index (Phi) is 3.83. The highest BCUT2D eigenvalue weighted by Crippen LogP contribution is 2.32. The van der Waals surface area contributed by atoms with Crippen molar-refractivity contribution in [2.75, 3.05) is 5.32 Å². The van der Waals surface area contributed by atoms with E-state index in [1.807, 2.05) is 7.05 Å². The number of halogens is 2. The normalized spacial score (nSPS) is 10.6. The fourth-order valence-corrected chi connectivity index (χ4v) is 3.21. The summed E-state index contributed by atoms with van der Waals surface area (Å²) in [6.07, 6.45) is 1.75. The molecule has 0 amide bonds. The summed E-state index contributed by atoms with van der Waals surface area (Å²) in [6, 6.07) is 4.16. The van der Waals surface area contributed by atoms with Gasteiger partial charge in [0.2, 0.25) is 0 Å². The predicted octanol–water partition coefficient (Wildman–Crippen LogP) is 3.26. The molecular weight excluding hydrogens is 348 g/mol. The number of anilines is 1. The molecule has 0 unspecified atom stereocenters. The summed E-state index contributed by atoms with van der Waals surface area (Å²) < 4.78 is 3.84. The number of rotatable bonds is 3. The van der Waals surface area contributed by atoms with Gasteiger partial charge in [-0.2, -0.15) is 0 Å². The van der Waals surface area contributed by atoms with Crippen molar-refractivity contribution >= 4 is 37.5 Å². The van der Waals surface area contributed by atoms with Crippen molar-refractivity contribution in [3.63, 3.8) is 0 Å². The first-order chi connectivity index (χ1) is 8.08. The molecule has 2 rings (SSSR count). The number of benzene rings is 1. The molecule has 1 N–H and O–H groups in total. The fraction of sp³-hybridized carbons (Fsp3) is 0.273. The molecule has 0 aliphatic rings. The van der Waals surface area contributed by atoms with E-state index in [9.17, 15) is 0 Å². The quantitative estimate of drug-likeness (QED) is 0.914. The summed E-state index contributed by atoms with van der Waals surface area (Å²) >= 11 is 7.10. The highest BCUT2D eigenvalue weighted by Gasteiger charge is 2.07. The van der Waals surface area contributed by atoms with E-state index in [0.29, 0.717) is 6.54 Å². The van der Waals surface area contributed by atoms with Gasteiger partial charge in [0.25, 0.3) is 0 Å². The van der Waals surface area contributed by atoms with E-state index in [4.69, 9.17) is 0 Å². The van der Waals surface area contributed by atoms with Crippen molar-refractivity contribution < 1.29 is 0 Å². The monoisotopic (exact) mass is 358 g/mol. The lowest BCUT2D eigenvalue weighted by molar-refractivity contribution is 0.683. The van der Waals surface area contributed by atoms with Crippen molar-refractivity contribution in [1.29, 1.82) is 0 Å². The fourth-order valence-electron chi connectivity index (χ4n) is 1.52. The van der Waals surface area contributed by atoms with Gasteiger partial charge in [0.15, 0.2) is 0 Å². The Bertz CT molecular complexity index is 513. The molecule has 1 aromatic heterocycles. The van der Waals surface area contributed by atoms with Gasteiger partial charge < -0.3 is 5.32 Å². The third kappa shape index (κ3) is 2.87. The third-order valence-corrected chi connectivity index (χ3v) is 3.69. The number of nitrogens with zero attached hydrogens (tertiary/aromatic N) is 3. The van der Waals surface area contributed by atoms with Crippen LogP contribution < -0.4 is 5.32 Å². The molecule has 0 saturated heterocycles. The van der Waals surface area contributed by atoms with Crippen molar-refractivity contribution in [3.05, 3.63) is 38.5 Å². The number of nitrogens with one attached hydrogen (secondary N) is 1. The van der Waals surface area contributed by atoms with E-state index in [1.165, 1.54) is 5.56 Å². The van der Waals surface area contributed by atoms with E-state index in [0.717, 1.165) is 20.3 Å². The molecule has 0 aliphatic carbocycles. The minimum Gasteiger partial charge on any atom is -0.378 e. The Labute approximate surface area is 117 Å². The molecule has 0 saturated carbocycles. The Morgan fingerprint density at radius 1 is 1.29 bits per heavy atom. The van der Waals surface area contributed by atoms with Crippen LogP contribution in [0, 0.1) is 6.92 Å². The maximum absolute atomic E-state index is 3.89. The number of aryl methyl sites for hydroxylation is 2. The van der Waals surface area contributed by atoms with Crippen molar-refractivity contribution in [2.24, 2.45) is 7.05 Å². The Balaban J connectivity index is 2.17. The molecule has 0 fully saturated rings. The van der Waals surface area contributed by atoms with E-state index in [-0.39, 0.29) is 0 Å². The SMILES string of the molecule is Cc1cc(Br)c(NCc2cnnn2C)c(Br)c1. The second-order valence-electron chi connectivity index (χ2n) is 3.81. The van der Waals surface area contributed by atoms with E-state index >= 15 is 0 Å². The van der Waals surface area contributed by atoms with Crippen LogP contribution in [0.25, 0.3) is 0 Å². The smallest absolute Gasteiger partial charge is 0.0774 e. The molecule has 2 aromatic rings. The molecule has 90 valence electrons. The van der Waals surface area contributed by atoms with Crippen LogP contribution in [-0.4, -0.2) is 15.0 Å². The largest absolute Gasteiger partial charge is 0.378 e. The van der Waals surface area contributed by atoms with Crippen molar-refractivity contribution in [2.45, 2.75) is 13.5 Å². The van der Waals surface area contributed by atoms with E-state index in [2.05, 4.69) is 66.5 Å². The Morgan fingerprint density at radius 2 is 1.94 bits per heavy atom. The minimum absolute atomic E-state index is 0.684. The minimum atomic E-state index is 0.684. The Morgan fingerprint density at radius 3 is 2.47 bits per heavy atom. The first-order valence-corrected chi connectivity index (χ1v) is 6.69. The molecule has 4 nitrogen and oxygen atoms in total. The summed E-state index contributed by atoms with van der Waals surface area (Å²) in [4.78, 5) is 0. The third-order valence-electron chi connectivity index (χ3n) is 2.44. The standard InChI is InChI=1S/C11H12Br2N4/c1-7-3-9(12)11(10(13)4-7)14-5-8-6-15-16-17(8)2/h3-4,6,14H,5H2,1-2H3. The van der Waals surface area contributed by atoms with Crippen LogP contribution in [0.4, 0.5) is 5.69 Å². The van der Waals surface area contributed by atoms with Crippen LogP contribution >= 0.6 is 31.9 Å². The van der Waals surface area contributed by atoms with Crippen LogP contribution in [0.5, 0.6) is 0 Å². The van der Waals surface area contributed by atoms with Gasteiger partial charge in [-0.25, -0.2) is 0 Å². The molecular formula is C11H12Br2N4. The lowest BCUT2D eigenvalue weighted by atomic mass is 10.2. The zero-order valence-electron chi connectivity index (χ0n) is 9.54.